The van der Waals surface area contributed by atoms with Crippen molar-refractivity contribution in [3.05, 3.63) is 76.1 Å². The van der Waals surface area contributed by atoms with Crippen LogP contribution >= 0.6 is 0 Å². The number of cyclic esters (lactones) is 2. The Kier molecular flexibility index (Phi) is 4.68. The maximum atomic E-state index is 12.4. The lowest BCUT2D eigenvalue weighted by molar-refractivity contribution is -0.151. The summed E-state index contributed by atoms with van der Waals surface area (Å²) >= 11 is 0. The number of carbonyl (C=O) groups is 2. The Morgan fingerprint density at radius 1 is 1.12 bits per heavy atom. The normalized spacial score (nSPS) is 19.3. The SMILES string of the molecule is CC=C/C(C)=C1/C(=O)OC(=O)C1c1cc(C)n(-c2ccc(C)cc2)c1C. The molecule has 1 aromatic heterocycles. The van der Waals surface area contributed by atoms with Gasteiger partial charge in [0.15, 0.2) is 0 Å². The fourth-order valence-electron chi connectivity index (χ4n) is 3.62. The first-order chi connectivity index (χ1) is 12.3. The van der Waals surface area contributed by atoms with Crippen LogP contribution < -0.4 is 0 Å². The minimum absolute atomic E-state index is 0.428. The van der Waals surface area contributed by atoms with Gasteiger partial charge in [0.2, 0.25) is 0 Å². The third-order valence-electron chi connectivity index (χ3n) is 4.85. The molecule has 0 saturated carbocycles. The number of aryl methyl sites for hydroxylation is 2. The summed E-state index contributed by atoms with van der Waals surface area (Å²) in [6.45, 7) is 9.74. The number of nitrogens with zero attached hydrogens (tertiary/aromatic N) is 1. The molecule has 0 bridgehead atoms. The van der Waals surface area contributed by atoms with E-state index in [1.807, 2.05) is 52.8 Å². The van der Waals surface area contributed by atoms with Crippen LogP contribution in [0.3, 0.4) is 0 Å². The van der Waals surface area contributed by atoms with E-state index in [9.17, 15) is 9.59 Å². The van der Waals surface area contributed by atoms with Crippen molar-refractivity contribution < 1.29 is 14.3 Å². The molecule has 0 amide bonds. The molecule has 1 aliphatic heterocycles. The lowest BCUT2D eigenvalue weighted by Crippen LogP contribution is -2.10. The van der Waals surface area contributed by atoms with Gasteiger partial charge < -0.3 is 9.30 Å². The summed E-state index contributed by atoms with van der Waals surface area (Å²) in [6.07, 6.45) is 3.69. The van der Waals surface area contributed by atoms with Crippen molar-refractivity contribution in [2.45, 2.75) is 40.5 Å². The van der Waals surface area contributed by atoms with Crippen LogP contribution in [0.15, 0.2) is 53.6 Å². The summed E-state index contributed by atoms with van der Waals surface area (Å²) in [5.41, 5.74) is 6.17. The van der Waals surface area contributed by atoms with E-state index in [0.717, 1.165) is 28.2 Å². The number of hydrogen-bond donors (Lipinski definition) is 0. The predicted molar refractivity (Wildman–Crippen MR) is 101 cm³/mol. The minimum atomic E-state index is -0.677. The first-order valence-electron chi connectivity index (χ1n) is 8.70. The third-order valence-corrected chi connectivity index (χ3v) is 4.85. The number of ether oxygens (including phenoxy) is 1. The van der Waals surface area contributed by atoms with E-state index < -0.39 is 17.9 Å². The molecule has 3 rings (SSSR count). The summed E-state index contributed by atoms with van der Waals surface area (Å²) in [7, 11) is 0. The van der Waals surface area contributed by atoms with E-state index >= 15 is 0 Å². The third kappa shape index (κ3) is 2.92. The van der Waals surface area contributed by atoms with Crippen molar-refractivity contribution in [3.63, 3.8) is 0 Å². The van der Waals surface area contributed by atoms with Crippen molar-refractivity contribution in [1.29, 1.82) is 0 Å². The molecule has 0 radical (unpaired) electrons. The van der Waals surface area contributed by atoms with Gasteiger partial charge in [-0.25, -0.2) is 4.79 Å². The highest BCUT2D eigenvalue weighted by Gasteiger charge is 2.42. The van der Waals surface area contributed by atoms with Crippen LogP contribution in [0.2, 0.25) is 0 Å². The zero-order valence-electron chi connectivity index (χ0n) is 15.8. The lowest BCUT2D eigenvalue weighted by Gasteiger charge is -2.12. The van der Waals surface area contributed by atoms with Crippen LogP contribution in [0, 0.1) is 20.8 Å². The molecular formula is C22H23NO3. The molecule has 1 unspecified atom stereocenters. The Morgan fingerprint density at radius 2 is 1.77 bits per heavy atom. The maximum Gasteiger partial charge on any atom is 0.343 e. The number of carbonyl (C=O) groups excluding carboxylic acids is 2. The summed E-state index contributed by atoms with van der Waals surface area (Å²) in [5, 5.41) is 0. The highest BCUT2D eigenvalue weighted by molar-refractivity contribution is 6.11. The second kappa shape index (κ2) is 6.79. The minimum Gasteiger partial charge on any atom is -0.389 e. The first kappa shape index (κ1) is 17.9. The van der Waals surface area contributed by atoms with E-state index in [2.05, 4.69) is 28.8 Å². The highest BCUT2D eigenvalue weighted by Crippen LogP contribution is 2.38. The summed E-state index contributed by atoms with van der Waals surface area (Å²) in [6, 6.07) is 10.2. The van der Waals surface area contributed by atoms with Gasteiger partial charge in [0.1, 0.15) is 5.92 Å². The average molecular weight is 349 g/mol. The molecule has 134 valence electrons. The van der Waals surface area contributed by atoms with Crippen LogP contribution in [0.25, 0.3) is 5.69 Å². The molecule has 0 N–H and O–H groups in total. The molecule has 2 aromatic rings. The largest absolute Gasteiger partial charge is 0.389 e. The second-order valence-corrected chi connectivity index (χ2v) is 6.74. The lowest BCUT2D eigenvalue weighted by atomic mass is 9.90. The molecule has 26 heavy (non-hydrogen) atoms. The van der Waals surface area contributed by atoms with E-state index in [1.165, 1.54) is 5.56 Å². The van der Waals surface area contributed by atoms with Crippen LogP contribution in [-0.2, 0) is 14.3 Å². The van der Waals surface area contributed by atoms with E-state index in [1.54, 1.807) is 0 Å². The summed E-state index contributed by atoms with van der Waals surface area (Å²) in [4.78, 5) is 24.7. The second-order valence-electron chi connectivity index (χ2n) is 6.74. The standard InChI is InChI=1S/C22H23NO3/c1-6-7-14(3)19-20(22(25)26-21(19)24)18-12-15(4)23(16(18)5)17-10-8-13(2)9-11-17/h6-12,20H,1-5H3/b7-6?,19-14+. The number of allylic oxidation sites excluding steroid dienone is 3. The van der Waals surface area contributed by atoms with Crippen LogP contribution in [-0.4, -0.2) is 16.5 Å². The van der Waals surface area contributed by atoms with Crippen molar-refractivity contribution in [1.82, 2.24) is 4.57 Å². The highest BCUT2D eigenvalue weighted by atomic mass is 16.6. The Bertz CT molecular complexity index is 943. The van der Waals surface area contributed by atoms with Gasteiger partial charge in [-0.3, -0.25) is 4.79 Å². The van der Waals surface area contributed by atoms with Crippen LogP contribution in [0.1, 0.15) is 42.3 Å². The number of aromatic nitrogens is 1. The number of benzene rings is 1. The molecule has 1 saturated heterocycles. The predicted octanol–water partition coefficient (Wildman–Crippen LogP) is 4.46. The van der Waals surface area contributed by atoms with Gasteiger partial charge in [-0.15, -0.1) is 0 Å². The Hall–Kier alpha value is -2.88. The molecular weight excluding hydrogens is 326 g/mol. The summed E-state index contributed by atoms with van der Waals surface area (Å²) in [5.74, 6) is -1.72. The van der Waals surface area contributed by atoms with Gasteiger partial charge in [0, 0.05) is 17.1 Å². The van der Waals surface area contributed by atoms with Crippen LogP contribution in [0.4, 0.5) is 0 Å². The quantitative estimate of drug-likeness (QED) is 0.467. The number of esters is 2. The molecule has 0 aliphatic carbocycles. The maximum absolute atomic E-state index is 12.4. The van der Waals surface area contributed by atoms with Gasteiger partial charge in [-0.2, -0.15) is 0 Å². The van der Waals surface area contributed by atoms with Crippen molar-refractivity contribution in [2.75, 3.05) is 0 Å². The fourth-order valence-corrected chi connectivity index (χ4v) is 3.62. The van der Waals surface area contributed by atoms with Crippen LogP contribution in [0.5, 0.6) is 0 Å². The molecule has 4 nitrogen and oxygen atoms in total. The monoisotopic (exact) mass is 349 g/mol. The summed E-state index contributed by atoms with van der Waals surface area (Å²) < 4.78 is 7.06. The number of hydrogen-bond acceptors (Lipinski definition) is 3. The zero-order chi connectivity index (χ0) is 19.0. The van der Waals surface area contributed by atoms with E-state index in [4.69, 9.17) is 4.74 Å². The van der Waals surface area contributed by atoms with Gasteiger partial charge in [-0.1, -0.05) is 29.8 Å². The fraction of sp³-hybridized carbons (Fsp3) is 0.273. The first-order valence-corrected chi connectivity index (χ1v) is 8.70. The Balaban J connectivity index is 2.16. The molecule has 2 heterocycles. The zero-order valence-corrected chi connectivity index (χ0v) is 15.8. The van der Waals surface area contributed by atoms with Gasteiger partial charge in [-0.05, 0) is 64.0 Å². The Labute approximate surface area is 153 Å². The molecule has 1 aromatic carbocycles. The van der Waals surface area contributed by atoms with Gasteiger partial charge in [0.25, 0.3) is 0 Å². The van der Waals surface area contributed by atoms with Gasteiger partial charge in [0.05, 0.1) is 5.57 Å². The topological polar surface area (TPSA) is 48.3 Å². The molecule has 4 heteroatoms. The van der Waals surface area contributed by atoms with Crippen molar-refractivity contribution in [3.8, 4) is 5.69 Å². The Morgan fingerprint density at radius 3 is 2.38 bits per heavy atom. The number of rotatable bonds is 3. The average Bonchev–Trinajstić information content (AvgIpc) is 3.04. The molecule has 1 aliphatic rings. The molecule has 1 atom stereocenters. The van der Waals surface area contributed by atoms with E-state index in [-0.39, 0.29) is 0 Å². The van der Waals surface area contributed by atoms with E-state index in [0.29, 0.717) is 5.57 Å². The molecule has 1 fully saturated rings. The van der Waals surface area contributed by atoms with Crippen molar-refractivity contribution in [2.24, 2.45) is 0 Å². The van der Waals surface area contributed by atoms with Crippen molar-refractivity contribution >= 4 is 11.9 Å². The molecule has 0 spiro atoms. The van der Waals surface area contributed by atoms with Gasteiger partial charge >= 0.3 is 11.9 Å². The smallest absolute Gasteiger partial charge is 0.343 e.